The monoisotopic (exact) mass is 430 g/mol. The Morgan fingerprint density at radius 2 is 1.94 bits per heavy atom. The minimum absolute atomic E-state index is 0.0500. The lowest BCUT2D eigenvalue weighted by Crippen LogP contribution is -2.24. The first-order valence-corrected chi connectivity index (χ1v) is 11.2. The summed E-state index contributed by atoms with van der Waals surface area (Å²) in [6.45, 7) is 4.15. The van der Waals surface area contributed by atoms with E-state index in [2.05, 4.69) is 11.2 Å². The molecule has 166 valence electrons. The molecule has 1 heterocycles. The molecule has 1 aliphatic rings. The van der Waals surface area contributed by atoms with Crippen LogP contribution in [-0.4, -0.2) is 32.7 Å². The van der Waals surface area contributed by atoms with Crippen LogP contribution in [-0.2, 0) is 11.8 Å². The predicted molar refractivity (Wildman–Crippen MR) is 130 cm³/mol. The Kier molecular flexibility index (Phi) is 6.40. The van der Waals surface area contributed by atoms with Crippen LogP contribution in [0, 0.1) is 6.92 Å². The first kappa shape index (κ1) is 21.8. The smallest absolute Gasteiger partial charge is 0.301 e. The molecule has 1 saturated carbocycles. The van der Waals surface area contributed by atoms with Crippen molar-refractivity contribution in [3.63, 3.8) is 0 Å². The molecule has 0 bridgehead atoms. The summed E-state index contributed by atoms with van der Waals surface area (Å²) in [5, 5.41) is 6.25. The molecule has 32 heavy (non-hydrogen) atoms. The molecule has 1 fully saturated rings. The SMILES string of the molecule is C/C(=N\N(/C=C/c1ccc2c(c1)n(C)c(=O)n2C1CCCC1)CC=O)c1cccc(C)c1. The van der Waals surface area contributed by atoms with E-state index in [0.29, 0.717) is 6.04 Å². The van der Waals surface area contributed by atoms with Crippen molar-refractivity contribution in [3.8, 4) is 0 Å². The third-order valence-corrected chi connectivity index (χ3v) is 6.22. The summed E-state index contributed by atoms with van der Waals surface area (Å²) in [5.74, 6) is 0. The second-order valence-electron chi connectivity index (χ2n) is 8.56. The van der Waals surface area contributed by atoms with Crippen LogP contribution in [0.4, 0.5) is 0 Å². The number of fused-ring (bicyclic) bond motifs is 1. The van der Waals surface area contributed by atoms with Crippen LogP contribution < -0.4 is 5.69 Å². The van der Waals surface area contributed by atoms with E-state index in [-0.39, 0.29) is 12.2 Å². The Balaban J connectivity index is 1.62. The Labute approximate surface area is 188 Å². The number of aryl methyl sites for hydroxylation is 2. The number of carbonyl (C=O) groups is 1. The number of carbonyl (C=O) groups excluding carboxylic acids is 1. The molecule has 0 saturated heterocycles. The van der Waals surface area contributed by atoms with Gasteiger partial charge < -0.3 is 4.79 Å². The zero-order valence-electron chi connectivity index (χ0n) is 19.0. The number of hydrazone groups is 1. The summed E-state index contributed by atoms with van der Waals surface area (Å²) in [7, 11) is 1.83. The van der Waals surface area contributed by atoms with Gasteiger partial charge in [0.1, 0.15) is 6.29 Å². The van der Waals surface area contributed by atoms with E-state index in [1.54, 1.807) is 15.8 Å². The van der Waals surface area contributed by atoms with E-state index in [9.17, 15) is 9.59 Å². The summed E-state index contributed by atoms with van der Waals surface area (Å²) in [4.78, 5) is 24.1. The molecule has 0 radical (unpaired) electrons. The number of aromatic nitrogens is 2. The van der Waals surface area contributed by atoms with E-state index in [0.717, 1.165) is 52.6 Å². The summed E-state index contributed by atoms with van der Waals surface area (Å²) >= 11 is 0. The van der Waals surface area contributed by atoms with Gasteiger partial charge in [-0.1, -0.05) is 48.7 Å². The van der Waals surface area contributed by atoms with Gasteiger partial charge in [0, 0.05) is 19.3 Å². The van der Waals surface area contributed by atoms with Crippen LogP contribution >= 0.6 is 0 Å². The molecule has 0 aliphatic heterocycles. The Morgan fingerprint density at radius 3 is 2.66 bits per heavy atom. The minimum atomic E-state index is 0.0500. The summed E-state index contributed by atoms with van der Waals surface area (Å²) in [6.07, 6.45) is 9.08. The van der Waals surface area contributed by atoms with E-state index >= 15 is 0 Å². The molecule has 0 atom stereocenters. The number of hydrogen-bond donors (Lipinski definition) is 0. The molecule has 2 aromatic carbocycles. The van der Waals surface area contributed by atoms with Crippen molar-refractivity contribution < 1.29 is 4.79 Å². The van der Waals surface area contributed by atoms with Gasteiger partial charge in [-0.15, -0.1) is 0 Å². The van der Waals surface area contributed by atoms with Crippen molar-refractivity contribution in [1.82, 2.24) is 14.1 Å². The molecule has 3 aromatic rings. The number of rotatable bonds is 7. The highest BCUT2D eigenvalue weighted by molar-refractivity contribution is 5.98. The molecular weight excluding hydrogens is 400 g/mol. The molecule has 0 unspecified atom stereocenters. The Bertz CT molecular complexity index is 1240. The maximum Gasteiger partial charge on any atom is 0.329 e. The first-order valence-electron chi connectivity index (χ1n) is 11.2. The maximum absolute atomic E-state index is 12.9. The molecule has 0 spiro atoms. The summed E-state index contributed by atoms with van der Waals surface area (Å²) in [5.41, 5.74) is 5.94. The fraction of sp³-hybridized carbons (Fsp3) is 0.346. The van der Waals surface area contributed by atoms with Gasteiger partial charge in [-0.2, -0.15) is 5.10 Å². The highest BCUT2D eigenvalue weighted by Crippen LogP contribution is 2.31. The van der Waals surface area contributed by atoms with Crippen LogP contribution in [0.25, 0.3) is 17.1 Å². The fourth-order valence-corrected chi connectivity index (χ4v) is 4.50. The average molecular weight is 431 g/mol. The first-order chi connectivity index (χ1) is 15.5. The molecular formula is C26H30N4O2. The van der Waals surface area contributed by atoms with Gasteiger partial charge in [0.25, 0.3) is 0 Å². The van der Waals surface area contributed by atoms with Gasteiger partial charge in [0.2, 0.25) is 0 Å². The van der Waals surface area contributed by atoms with E-state index in [1.165, 1.54) is 12.8 Å². The molecule has 6 nitrogen and oxygen atoms in total. The maximum atomic E-state index is 12.9. The third kappa shape index (κ3) is 4.44. The fourth-order valence-electron chi connectivity index (χ4n) is 4.50. The standard InChI is InChI=1S/C26H30N4O2/c1-19-7-6-8-22(17-19)20(2)27-29(15-16-31)14-13-21-11-12-24-25(18-21)28(3)26(32)30(24)23-9-4-5-10-23/h6-8,11-14,16-18,23H,4-5,9-10,15H2,1-3H3/b14-13+,27-20+. The highest BCUT2D eigenvalue weighted by Gasteiger charge is 2.22. The number of nitrogens with zero attached hydrogens (tertiary/aromatic N) is 4. The topological polar surface area (TPSA) is 59.6 Å². The Hall–Kier alpha value is -3.41. The van der Waals surface area contributed by atoms with Crippen molar-refractivity contribution in [3.05, 3.63) is 75.8 Å². The second kappa shape index (κ2) is 9.39. The quantitative estimate of drug-likeness (QED) is 0.311. The molecule has 6 heteroatoms. The van der Waals surface area contributed by atoms with E-state index in [4.69, 9.17) is 0 Å². The molecule has 4 rings (SSSR count). The van der Waals surface area contributed by atoms with Crippen molar-refractivity contribution in [2.75, 3.05) is 6.54 Å². The lowest BCUT2D eigenvalue weighted by atomic mass is 10.1. The molecule has 0 N–H and O–H groups in total. The lowest BCUT2D eigenvalue weighted by molar-refractivity contribution is -0.108. The van der Waals surface area contributed by atoms with E-state index < -0.39 is 0 Å². The average Bonchev–Trinajstić information content (AvgIpc) is 3.39. The van der Waals surface area contributed by atoms with Gasteiger partial charge in [-0.3, -0.25) is 14.1 Å². The van der Waals surface area contributed by atoms with Crippen molar-refractivity contribution in [2.24, 2.45) is 12.1 Å². The normalized spacial score (nSPS) is 15.2. The predicted octanol–water partition coefficient (Wildman–Crippen LogP) is 4.66. The number of benzene rings is 2. The van der Waals surface area contributed by atoms with Gasteiger partial charge in [0.05, 0.1) is 23.3 Å². The summed E-state index contributed by atoms with van der Waals surface area (Å²) in [6, 6.07) is 14.5. The molecule has 1 aromatic heterocycles. The minimum Gasteiger partial charge on any atom is -0.301 e. The van der Waals surface area contributed by atoms with Crippen molar-refractivity contribution >= 4 is 29.1 Å². The van der Waals surface area contributed by atoms with Gasteiger partial charge in [-0.05, 0) is 56.0 Å². The number of imidazole rings is 1. The molecule has 1 aliphatic carbocycles. The Morgan fingerprint density at radius 1 is 1.16 bits per heavy atom. The van der Waals surface area contributed by atoms with Crippen LogP contribution in [0.5, 0.6) is 0 Å². The summed E-state index contributed by atoms with van der Waals surface area (Å²) < 4.78 is 3.69. The number of aldehydes is 1. The largest absolute Gasteiger partial charge is 0.329 e. The second-order valence-corrected chi connectivity index (χ2v) is 8.56. The zero-order valence-corrected chi connectivity index (χ0v) is 19.0. The third-order valence-electron chi connectivity index (χ3n) is 6.22. The zero-order chi connectivity index (χ0) is 22.7. The lowest BCUT2D eigenvalue weighted by Gasteiger charge is -2.13. The van der Waals surface area contributed by atoms with Crippen LogP contribution in [0.3, 0.4) is 0 Å². The van der Waals surface area contributed by atoms with Crippen LogP contribution in [0.2, 0.25) is 0 Å². The molecule has 0 amide bonds. The highest BCUT2D eigenvalue weighted by atomic mass is 16.1. The van der Waals surface area contributed by atoms with Crippen LogP contribution in [0.1, 0.15) is 55.3 Å². The number of hydrogen-bond acceptors (Lipinski definition) is 4. The van der Waals surface area contributed by atoms with Gasteiger partial charge in [0.15, 0.2) is 0 Å². The van der Waals surface area contributed by atoms with Crippen LogP contribution in [0.15, 0.2) is 58.6 Å². The van der Waals surface area contributed by atoms with Crippen molar-refractivity contribution in [2.45, 2.75) is 45.6 Å². The van der Waals surface area contributed by atoms with E-state index in [1.807, 2.05) is 67.9 Å². The van der Waals surface area contributed by atoms with Crippen molar-refractivity contribution in [1.29, 1.82) is 0 Å². The van der Waals surface area contributed by atoms with Gasteiger partial charge in [-0.25, -0.2) is 4.79 Å². The van der Waals surface area contributed by atoms with Gasteiger partial charge >= 0.3 is 5.69 Å².